The third-order valence-corrected chi connectivity index (χ3v) is 5.03. The second-order valence-electron chi connectivity index (χ2n) is 7.52. The van der Waals surface area contributed by atoms with Gasteiger partial charge in [-0.2, -0.15) is 0 Å². The molecule has 3 amide bonds. The second kappa shape index (κ2) is 10.0. The van der Waals surface area contributed by atoms with Crippen molar-refractivity contribution in [3.05, 3.63) is 48.0 Å². The predicted molar refractivity (Wildman–Crippen MR) is 121 cm³/mol. The highest BCUT2D eigenvalue weighted by atomic mass is 16.5. The largest absolute Gasteiger partial charge is 0.494 e. The molecule has 1 aliphatic heterocycles. The minimum Gasteiger partial charge on any atom is -0.494 e. The summed E-state index contributed by atoms with van der Waals surface area (Å²) in [5.41, 5.74) is 2.67. The summed E-state index contributed by atoms with van der Waals surface area (Å²) < 4.78 is 5.41. The minimum atomic E-state index is -0.367. The zero-order chi connectivity index (χ0) is 21.5. The fourth-order valence-corrected chi connectivity index (χ4v) is 3.54. The van der Waals surface area contributed by atoms with Crippen molar-refractivity contribution in [1.29, 1.82) is 0 Å². The van der Waals surface area contributed by atoms with E-state index >= 15 is 0 Å². The number of carbonyl (C=O) groups is 2. The third-order valence-electron chi connectivity index (χ3n) is 5.03. The number of rotatable bonds is 6. The smallest absolute Gasteiger partial charge is 0.323 e. The Labute approximate surface area is 178 Å². The number of amides is 3. The van der Waals surface area contributed by atoms with Crippen molar-refractivity contribution in [3.8, 4) is 5.75 Å². The third kappa shape index (κ3) is 5.43. The highest BCUT2D eigenvalue weighted by Crippen LogP contribution is 2.26. The van der Waals surface area contributed by atoms with Gasteiger partial charge in [0.05, 0.1) is 12.2 Å². The number of hydrogen-bond donors (Lipinski definition) is 2. The van der Waals surface area contributed by atoms with Crippen LogP contribution in [0.4, 0.5) is 21.9 Å². The summed E-state index contributed by atoms with van der Waals surface area (Å²) in [6.07, 6.45) is 3.23. The second-order valence-corrected chi connectivity index (χ2v) is 7.52. The van der Waals surface area contributed by atoms with Crippen LogP contribution in [0.1, 0.15) is 36.5 Å². The molecule has 2 aromatic rings. The zero-order valence-corrected chi connectivity index (χ0v) is 17.9. The fourth-order valence-electron chi connectivity index (χ4n) is 3.54. The highest BCUT2D eigenvalue weighted by molar-refractivity contribution is 6.04. The van der Waals surface area contributed by atoms with E-state index in [4.69, 9.17) is 4.74 Å². The molecular formula is C23H30N4O3. The number of benzene rings is 2. The summed E-state index contributed by atoms with van der Waals surface area (Å²) in [4.78, 5) is 29.3. The number of nitrogens with one attached hydrogen (secondary N) is 2. The number of hydrogen-bond acceptors (Lipinski definition) is 4. The van der Waals surface area contributed by atoms with Crippen LogP contribution in [0.25, 0.3) is 0 Å². The van der Waals surface area contributed by atoms with Gasteiger partial charge in [-0.05, 0) is 68.7 Å². The number of anilines is 3. The Morgan fingerprint density at radius 1 is 0.967 bits per heavy atom. The van der Waals surface area contributed by atoms with Crippen LogP contribution >= 0.6 is 0 Å². The number of urea groups is 1. The summed E-state index contributed by atoms with van der Waals surface area (Å²) in [7, 11) is 3.82. The first kappa shape index (κ1) is 21.5. The van der Waals surface area contributed by atoms with Crippen molar-refractivity contribution in [3.63, 3.8) is 0 Å². The molecule has 3 rings (SSSR count). The molecule has 160 valence electrons. The molecule has 1 fully saturated rings. The first-order chi connectivity index (χ1) is 14.5. The summed E-state index contributed by atoms with van der Waals surface area (Å²) in [6.45, 7) is 4.07. The topological polar surface area (TPSA) is 73.9 Å². The van der Waals surface area contributed by atoms with E-state index in [1.54, 1.807) is 36.4 Å². The highest BCUT2D eigenvalue weighted by Gasteiger charge is 2.22. The maximum atomic E-state index is 13.1. The summed E-state index contributed by atoms with van der Waals surface area (Å²) in [6, 6.07) is 12.2. The van der Waals surface area contributed by atoms with Gasteiger partial charge in [0, 0.05) is 44.2 Å². The van der Waals surface area contributed by atoms with Crippen LogP contribution < -0.4 is 20.3 Å². The summed E-state index contributed by atoms with van der Waals surface area (Å²) in [5, 5.41) is 5.62. The molecule has 2 aromatic carbocycles. The van der Waals surface area contributed by atoms with E-state index in [0.717, 1.165) is 43.8 Å². The van der Waals surface area contributed by atoms with Gasteiger partial charge in [-0.1, -0.05) is 0 Å². The van der Waals surface area contributed by atoms with Crippen molar-refractivity contribution in [1.82, 2.24) is 4.90 Å². The molecule has 1 aliphatic rings. The maximum absolute atomic E-state index is 13.1. The van der Waals surface area contributed by atoms with Crippen molar-refractivity contribution >= 4 is 29.0 Å². The van der Waals surface area contributed by atoms with E-state index in [-0.39, 0.29) is 11.9 Å². The summed E-state index contributed by atoms with van der Waals surface area (Å²) >= 11 is 0. The van der Waals surface area contributed by atoms with Crippen LogP contribution in [0, 0.1) is 0 Å². The van der Waals surface area contributed by atoms with Gasteiger partial charge in [-0.25, -0.2) is 4.79 Å². The Balaban J connectivity index is 1.72. The average molecular weight is 411 g/mol. The van der Waals surface area contributed by atoms with E-state index in [1.165, 1.54) is 0 Å². The van der Waals surface area contributed by atoms with Crippen molar-refractivity contribution in [2.45, 2.75) is 26.2 Å². The number of piperidine rings is 1. The molecule has 0 saturated carbocycles. The molecular weight excluding hydrogens is 380 g/mol. The van der Waals surface area contributed by atoms with E-state index in [0.29, 0.717) is 23.5 Å². The van der Waals surface area contributed by atoms with Gasteiger partial charge in [0.15, 0.2) is 0 Å². The normalized spacial score (nSPS) is 13.5. The fraction of sp³-hybridized carbons (Fsp3) is 0.391. The minimum absolute atomic E-state index is 0.00831. The molecule has 0 spiro atoms. The van der Waals surface area contributed by atoms with Gasteiger partial charge in [-0.3, -0.25) is 4.79 Å². The van der Waals surface area contributed by atoms with Gasteiger partial charge < -0.3 is 25.2 Å². The molecule has 7 heteroatoms. The Hall–Kier alpha value is -3.22. The van der Waals surface area contributed by atoms with Gasteiger partial charge in [0.2, 0.25) is 0 Å². The number of nitrogens with zero attached hydrogens (tertiary/aromatic N) is 2. The molecule has 1 heterocycles. The average Bonchev–Trinajstić information content (AvgIpc) is 2.75. The molecule has 0 atom stereocenters. The number of likely N-dealkylation sites (tertiary alicyclic amines) is 1. The van der Waals surface area contributed by atoms with Crippen molar-refractivity contribution < 1.29 is 14.3 Å². The van der Waals surface area contributed by atoms with Crippen LogP contribution in [0.15, 0.2) is 42.5 Å². The molecule has 2 N–H and O–H groups in total. The zero-order valence-electron chi connectivity index (χ0n) is 17.9. The lowest BCUT2D eigenvalue weighted by molar-refractivity contribution is 0.0725. The standard InChI is InChI=1S/C23H30N4O3/c1-4-30-19-11-8-17(9-12-19)24-23(29)25-18-10-13-21(26(2)3)20(16-18)22(28)27-14-6-5-7-15-27/h8-13,16H,4-7,14-15H2,1-3H3,(H2,24,25,29). The summed E-state index contributed by atoms with van der Waals surface area (Å²) in [5.74, 6) is 0.762. The van der Waals surface area contributed by atoms with E-state index in [9.17, 15) is 9.59 Å². The Kier molecular flexibility index (Phi) is 7.17. The lowest BCUT2D eigenvalue weighted by Gasteiger charge is -2.28. The molecule has 0 unspecified atom stereocenters. The maximum Gasteiger partial charge on any atom is 0.323 e. The first-order valence-corrected chi connectivity index (χ1v) is 10.4. The monoisotopic (exact) mass is 410 g/mol. The van der Waals surface area contributed by atoms with Crippen LogP contribution in [0.5, 0.6) is 5.75 Å². The molecule has 0 aliphatic carbocycles. The number of ether oxygens (including phenoxy) is 1. The van der Waals surface area contributed by atoms with Gasteiger partial charge >= 0.3 is 6.03 Å². The van der Waals surface area contributed by atoms with Crippen molar-refractivity contribution in [2.24, 2.45) is 0 Å². The van der Waals surface area contributed by atoms with Crippen LogP contribution in [0.3, 0.4) is 0 Å². The van der Waals surface area contributed by atoms with Gasteiger partial charge in [0.1, 0.15) is 5.75 Å². The number of carbonyl (C=O) groups excluding carboxylic acids is 2. The van der Waals surface area contributed by atoms with Crippen LogP contribution in [-0.2, 0) is 0 Å². The van der Waals surface area contributed by atoms with Gasteiger partial charge in [0.25, 0.3) is 5.91 Å². The Morgan fingerprint density at radius 2 is 1.60 bits per heavy atom. The quantitative estimate of drug-likeness (QED) is 0.739. The molecule has 1 saturated heterocycles. The van der Waals surface area contributed by atoms with Crippen LogP contribution in [0.2, 0.25) is 0 Å². The molecule has 0 aromatic heterocycles. The molecule has 0 bridgehead atoms. The SMILES string of the molecule is CCOc1ccc(NC(=O)Nc2ccc(N(C)C)c(C(=O)N3CCCCC3)c2)cc1. The van der Waals surface area contributed by atoms with E-state index < -0.39 is 0 Å². The first-order valence-electron chi connectivity index (χ1n) is 10.4. The Morgan fingerprint density at radius 3 is 2.23 bits per heavy atom. The Bertz CT molecular complexity index is 875. The van der Waals surface area contributed by atoms with Gasteiger partial charge in [-0.15, -0.1) is 0 Å². The van der Waals surface area contributed by atoms with E-state index in [2.05, 4.69) is 10.6 Å². The predicted octanol–water partition coefficient (Wildman–Crippen LogP) is 4.42. The lowest BCUT2D eigenvalue weighted by Crippen LogP contribution is -2.36. The molecule has 30 heavy (non-hydrogen) atoms. The van der Waals surface area contributed by atoms with Crippen LogP contribution in [-0.4, -0.2) is 50.6 Å². The molecule has 7 nitrogen and oxygen atoms in total. The van der Waals surface area contributed by atoms with Crippen molar-refractivity contribution in [2.75, 3.05) is 49.3 Å². The lowest BCUT2D eigenvalue weighted by atomic mass is 10.1. The van der Waals surface area contributed by atoms with E-state index in [1.807, 2.05) is 36.9 Å². The molecule has 0 radical (unpaired) electrons.